The molecule has 25 heavy (non-hydrogen) atoms. The molecule has 1 aromatic rings. The molecule has 0 bridgehead atoms. The number of benzene rings is 1. The number of nitrogens with one attached hydrogen (secondary N) is 2. The molecule has 1 aliphatic heterocycles. The standard InChI is InChI=1S/C15H19ClN2O6S/c1-17-25(21,22)11-4-5-13(16)12(7-11)15(20)24-9-14(19)18-8-10-3-2-6-23-10/h4-5,7,10,17H,2-3,6,8-9H2,1H3,(H,18,19)/t10-/m0/s1. The number of esters is 1. The lowest BCUT2D eigenvalue weighted by Crippen LogP contribution is -2.34. The fourth-order valence-corrected chi connectivity index (χ4v) is 3.19. The summed E-state index contributed by atoms with van der Waals surface area (Å²) in [6, 6.07) is 3.64. The first-order chi connectivity index (χ1) is 11.8. The lowest BCUT2D eigenvalue weighted by Gasteiger charge is -2.11. The Morgan fingerprint density at radius 3 is 2.80 bits per heavy atom. The van der Waals surface area contributed by atoms with Crippen LogP contribution in [0.4, 0.5) is 0 Å². The van der Waals surface area contributed by atoms with Gasteiger partial charge in [0, 0.05) is 13.2 Å². The summed E-state index contributed by atoms with van der Waals surface area (Å²) in [5, 5.41) is 2.64. The summed E-state index contributed by atoms with van der Waals surface area (Å²) in [6.45, 7) is 0.539. The number of rotatable bonds is 7. The second-order valence-corrected chi connectivity index (χ2v) is 7.66. The lowest BCUT2D eigenvalue weighted by atomic mass is 10.2. The van der Waals surface area contributed by atoms with Crippen LogP contribution in [0.3, 0.4) is 0 Å². The van der Waals surface area contributed by atoms with Crippen LogP contribution < -0.4 is 10.0 Å². The van der Waals surface area contributed by atoms with Crippen molar-refractivity contribution < 1.29 is 27.5 Å². The quantitative estimate of drug-likeness (QED) is 0.663. The normalized spacial score (nSPS) is 17.3. The SMILES string of the molecule is CNS(=O)(=O)c1ccc(Cl)c(C(=O)OCC(=O)NC[C@@H]2CCCO2)c1. The van der Waals surface area contributed by atoms with Gasteiger partial charge >= 0.3 is 5.97 Å². The van der Waals surface area contributed by atoms with E-state index in [0.717, 1.165) is 18.9 Å². The minimum Gasteiger partial charge on any atom is -0.452 e. The van der Waals surface area contributed by atoms with Crippen LogP contribution in [0.5, 0.6) is 0 Å². The third-order valence-electron chi connectivity index (χ3n) is 3.62. The van der Waals surface area contributed by atoms with E-state index in [1.807, 2.05) is 0 Å². The van der Waals surface area contributed by atoms with Gasteiger partial charge in [0.05, 0.1) is 21.6 Å². The van der Waals surface area contributed by atoms with Crippen LogP contribution in [-0.2, 0) is 24.3 Å². The van der Waals surface area contributed by atoms with E-state index in [0.29, 0.717) is 13.2 Å². The van der Waals surface area contributed by atoms with Crippen molar-refractivity contribution in [2.24, 2.45) is 0 Å². The molecular weight excluding hydrogens is 372 g/mol. The largest absolute Gasteiger partial charge is 0.452 e. The molecule has 138 valence electrons. The molecule has 0 spiro atoms. The van der Waals surface area contributed by atoms with Crippen molar-refractivity contribution in [1.82, 2.24) is 10.0 Å². The summed E-state index contributed by atoms with van der Waals surface area (Å²) in [6.07, 6.45) is 1.82. The molecule has 0 aromatic heterocycles. The van der Waals surface area contributed by atoms with Crippen molar-refractivity contribution in [3.63, 3.8) is 0 Å². The first-order valence-corrected chi connectivity index (χ1v) is 9.48. The van der Waals surface area contributed by atoms with E-state index in [2.05, 4.69) is 10.0 Å². The highest BCUT2D eigenvalue weighted by molar-refractivity contribution is 7.89. The van der Waals surface area contributed by atoms with Crippen molar-refractivity contribution in [2.45, 2.75) is 23.8 Å². The number of sulfonamides is 1. The highest BCUT2D eigenvalue weighted by Crippen LogP contribution is 2.21. The van der Waals surface area contributed by atoms with E-state index in [4.69, 9.17) is 21.1 Å². The third-order valence-corrected chi connectivity index (χ3v) is 5.36. The molecule has 10 heteroatoms. The second kappa shape index (κ2) is 8.61. The minimum atomic E-state index is -3.73. The highest BCUT2D eigenvalue weighted by Gasteiger charge is 2.20. The molecule has 2 N–H and O–H groups in total. The number of hydrogen-bond donors (Lipinski definition) is 2. The topological polar surface area (TPSA) is 111 Å². The van der Waals surface area contributed by atoms with Gasteiger partial charge in [-0.1, -0.05) is 11.6 Å². The zero-order chi connectivity index (χ0) is 18.4. The number of carbonyl (C=O) groups is 2. The van der Waals surface area contributed by atoms with Crippen LogP contribution in [0.1, 0.15) is 23.2 Å². The first-order valence-electron chi connectivity index (χ1n) is 7.62. The molecule has 1 amide bonds. The van der Waals surface area contributed by atoms with Gasteiger partial charge in [0.2, 0.25) is 10.0 Å². The van der Waals surface area contributed by atoms with Gasteiger partial charge in [-0.25, -0.2) is 17.9 Å². The average molecular weight is 391 g/mol. The zero-order valence-corrected chi connectivity index (χ0v) is 15.2. The lowest BCUT2D eigenvalue weighted by molar-refractivity contribution is -0.124. The van der Waals surface area contributed by atoms with Gasteiger partial charge < -0.3 is 14.8 Å². The summed E-state index contributed by atoms with van der Waals surface area (Å²) in [4.78, 5) is 23.7. The van der Waals surface area contributed by atoms with Gasteiger partial charge in [-0.05, 0) is 38.1 Å². The Hall–Kier alpha value is -1.68. The van der Waals surface area contributed by atoms with Crippen LogP contribution in [0.2, 0.25) is 5.02 Å². The summed E-state index contributed by atoms with van der Waals surface area (Å²) in [7, 11) is -2.48. The molecule has 0 aliphatic carbocycles. The van der Waals surface area contributed by atoms with Crippen LogP contribution in [0, 0.1) is 0 Å². The minimum absolute atomic E-state index is 0.0162. The van der Waals surface area contributed by atoms with Crippen molar-refractivity contribution >= 4 is 33.5 Å². The Bertz CT molecular complexity index is 746. The average Bonchev–Trinajstić information content (AvgIpc) is 3.11. The number of hydrogen-bond acceptors (Lipinski definition) is 6. The highest BCUT2D eigenvalue weighted by atomic mass is 35.5. The van der Waals surface area contributed by atoms with E-state index in [1.54, 1.807) is 0 Å². The molecule has 0 radical (unpaired) electrons. The van der Waals surface area contributed by atoms with E-state index in [1.165, 1.54) is 19.2 Å². The Labute approximate surface area is 150 Å². The summed E-state index contributed by atoms with van der Waals surface area (Å²) in [5.41, 5.74) is -0.134. The van der Waals surface area contributed by atoms with E-state index < -0.39 is 28.5 Å². The number of halogens is 1. The van der Waals surface area contributed by atoms with Crippen LogP contribution >= 0.6 is 11.6 Å². The Morgan fingerprint density at radius 1 is 1.40 bits per heavy atom. The maximum absolute atomic E-state index is 12.1. The smallest absolute Gasteiger partial charge is 0.340 e. The van der Waals surface area contributed by atoms with Gasteiger partial charge in [-0.15, -0.1) is 0 Å². The maximum Gasteiger partial charge on any atom is 0.340 e. The van der Waals surface area contributed by atoms with Gasteiger partial charge in [0.15, 0.2) is 6.61 Å². The predicted molar refractivity (Wildman–Crippen MR) is 90.0 cm³/mol. The van der Waals surface area contributed by atoms with Crippen molar-refractivity contribution in [3.05, 3.63) is 28.8 Å². The van der Waals surface area contributed by atoms with E-state index >= 15 is 0 Å². The summed E-state index contributed by atoms with van der Waals surface area (Å²) < 4.78 is 36.0. The van der Waals surface area contributed by atoms with Gasteiger partial charge in [-0.2, -0.15) is 0 Å². The number of carbonyl (C=O) groups excluding carboxylic acids is 2. The Kier molecular flexibility index (Phi) is 6.77. The van der Waals surface area contributed by atoms with Crippen LogP contribution in [0.15, 0.2) is 23.1 Å². The van der Waals surface area contributed by atoms with Gasteiger partial charge in [-0.3, -0.25) is 4.79 Å². The van der Waals surface area contributed by atoms with Gasteiger partial charge in [0.25, 0.3) is 5.91 Å². The zero-order valence-electron chi connectivity index (χ0n) is 13.6. The monoisotopic (exact) mass is 390 g/mol. The third kappa shape index (κ3) is 5.40. The molecular formula is C15H19ClN2O6S. The summed E-state index contributed by atoms with van der Waals surface area (Å²) >= 11 is 5.91. The van der Waals surface area contributed by atoms with Crippen molar-refractivity contribution in [3.8, 4) is 0 Å². The number of amides is 1. The first kappa shape index (κ1) is 19.6. The Balaban J connectivity index is 1.93. The molecule has 1 saturated heterocycles. The van der Waals surface area contributed by atoms with E-state index in [9.17, 15) is 18.0 Å². The summed E-state index contributed by atoms with van der Waals surface area (Å²) in [5.74, 6) is -1.36. The van der Waals surface area contributed by atoms with Crippen molar-refractivity contribution in [1.29, 1.82) is 0 Å². The molecule has 8 nitrogen and oxygen atoms in total. The molecule has 1 aromatic carbocycles. The molecule has 1 fully saturated rings. The fraction of sp³-hybridized carbons (Fsp3) is 0.467. The molecule has 2 rings (SSSR count). The molecule has 0 unspecified atom stereocenters. The maximum atomic E-state index is 12.1. The second-order valence-electron chi connectivity index (χ2n) is 5.36. The molecule has 1 aliphatic rings. The molecule has 1 atom stereocenters. The predicted octanol–water partition coefficient (Wildman–Crippen LogP) is 0.700. The van der Waals surface area contributed by atoms with Crippen LogP contribution in [-0.4, -0.2) is 53.2 Å². The Morgan fingerprint density at radius 2 is 2.16 bits per heavy atom. The number of ether oxygens (including phenoxy) is 2. The molecule has 1 heterocycles. The van der Waals surface area contributed by atoms with Crippen LogP contribution in [0.25, 0.3) is 0 Å². The fourth-order valence-electron chi connectivity index (χ4n) is 2.24. The van der Waals surface area contributed by atoms with E-state index in [-0.39, 0.29) is 21.6 Å². The molecule has 0 saturated carbocycles. The van der Waals surface area contributed by atoms with Crippen molar-refractivity contribution in [2.75, 3.05) is 26.8 Å². The van der Waals surface area contributed by atoms with Gasteiger partial charge in [0.1, 0.15) is 0 Å².